The predicted octanol–water partition coefficient (Wildman–Crippen LogP) is 0.635. The van der Waals surface area contributed by atoms with Gasteiger partial charge in [0, 0.05) is 6.20 Å². The van der Waals surface area contributed by atoms with Gasteiger partial charge in [0.25, 0.3) is 5.92 Å². The molecule has 2 rings (SSSR count). The normalized spacial score (nSPS) is 23.6. The van der Waals surface area contributed by atoms with Crippen LogP contribution in [0, 0.1) is 0 Å². The van der Waals surface area contributed by atoms with Crippen molar-refractivity contribution >= 4 is 11.8 Å². The lowest BCUT2D eigenvalue weighted by atomic mass is 10.2. The van der Waals surface area contributed by atoms with Gasteiger partial charge in [-0.25, -0.2) is 13.6 Å². The first kappa shape index (κ1) is 10.7. The molecule has 88 valence electrons. The lowest BCUT2D eigenvalue weighted by molar-refractivity contribution is -0.0243. The van der Waals surface area contributed by atoms with Gasteiger partial charge in [0.2, 0.25) is 0 Å². The standard InChI is InChI=1S/C8H10F2N4O2/c9-8(10)4-13(7(15)16)3-6(8)14-2-5(11)1-12-14/h1-2,6H,3-4,11H2,(H,15,16). The van der Waals surface area contributed by atoms with Crippen molar-refractivity contribution in [1.82, 2.24) is 14.7 Å². The van der Waals surface area contributed by atoms with Crippen molar-refractivity contribution in [1.29, 1.82) is 0 Å². The van der Waals surface area contributed by atoms with E-state index in [4.69, 9.17) is 10.8 Å². The number of rotatable bonds is 1. The summed E-state index contributed by atoms with van der Waals surface area (Å²) in [6.07, 6.45) is 1.16. The van der Waals surface area contributed by atoms with E-state index in [1.807, 2.05) is 0 Å². The first-order chi connectivity index (χ1) is 7.40. The number of nitrogen functional groups attached to an aromatic ring is 1. The van der Waals surface area contributed by atoms with E-state index in [0.29, 0.717) is 4.90 Å². The molecule has 1 unspecified atom stereocenters. The summed E-state index contributed by atoms with van der Waals surface area (Å²) < 4.78 is 28.0. The van der Waals surface area contributed by atoms with Gasteiger partial charge in [-0.2, -0.15) is 5.10 Å². The minimum Gasteiger partial charge on any atom is -0.465 e. The van der Waals surface area contributed by atoms with Crippen LogP contribution in [-0.4, -0.2) is 44.9 Å². The maximum absolute atomic E-state index is 13.5. The Bertz CT molecular complexity index is 420. The summed E-state index contributed by atoms with van der Waals surface area (Å²) in [5.74, 6) is -3.13. The molecule has 8 heteroatoms. The topological polar surface area (TPSA) is 84.4 Å². The van der Waals surface area contributed by atoms with Gasteiger partial charge in [-0.05, 0) is 0 Å². The molecule has 0 aromatic carbocycles. The van der Waals surface area contributed by atoms with Crippen LogP contribution in [0.25, 0.3) is 0 Å². The van der Waals surface area contributed by atoms with Gasteiger partial charge in [-0.15, -0.1) is 0 Å². The fraction of sp³-hybridized carbons (Fsp3) is 0.500. The number of nitrogens with two attached hydrogens (primary N) is 1. The number of hydrogen-bond acceptors (Lipinski definition) is 3. The minimum atomic E-state index is -3.13. The number of anilines is 1. The minimum absolute atomic E-state index is 0.268. The average molecular weight is 232 g/mol. The van der Waals surface area contributed by atoms with E-state index in [1.165, 1.54) is 12.4 Å². The number of likely N-dealkylation sites (tertiary alicyclic amines) is 1. The van der Waals surface area contributed by atoms with Gasteiger partial charge >= 0.3 is 6.09 Å². The number of amides is 1. The van der Waals surface area contributed by atoms with E-state index in [2.05, 4.69) is 5.10 Å². The summed E-state index contributed by atoms with van der Waals surface area (Å²) in [4.78, 5) is 11.3. The number of carbonyl (C=O) groups is 1. The summed E-state index contributed by atoms with van der Waals surface area (Å²) in [5, 5.41) is 12.3. The summed E-state index contributed by atoms with van der Waals surface area (Å²) >= 11 is 0. The quantitative estimate of drug-likeness (QED) is 0.744. The molecule has 6 nitrogen and oxygen atoms in total. The summed E-state index contributed by atoms with van der Waals surface area (Å²) in [6, 6.07) is -1.29. The Morgan fingerprint density at radius 1 is 1.69 bits per heavy atom. The average Bonchev–Trinajstić information content (AvgIpc) is 2.69. The third kappa shape index (κ3) is 1.66. The molecule has 1 aromatic heterocycles. The zero-order valence-electron chi connectivity index (χ0n) is 8.18. The number of aromatic nitrogens is 2. The Balaban J connectivity index is 2.25. The summed E-state index contributed by atoms with van der Waals surface area (Å²) in [7, 11) is 0. The first-order valence-electron chi connectivity index (χ1n) is 4.55. The van der Waals surface area contributed by atoms with Crippen molar-refractivity contribution in [2.24, 2.45) is 0 Å². The second kappa shape index (κ2) is 3.32. The van der Waals surface area contributed by atoms with Gasteiger partial charge in [0.15, 0.2) is 0 Å². The summed E-state index contributed by atoms with van der Waals surface area (Å²) in [5.41, 5.74) is 5.64. The fourth-order valence-corrected chi connectivity index (χ4v) is 1.71. The second-order valence-electron chi connectivity index (χ2n) is 3.69. The second-order valence-corrected chi connectivity index (χ2v) is 3.69. The molecule has 3 N–H and O–H groups in total. The molecule has 0 bridgehead atoms. The SMILES string of the molecule is Nc1cnn(C2CN(C(=O)O)CC2(F)F)c1. The smallest absolute Gasteiger partial charge is 0.407 e. The third-order valence-corrected chi connectivity index (χ3v) is 2.49. The zero-order valence-corrected chi connectivity index (χ0v) is 8.18. The molecule has 0 aliphatic carbocycles. The van der Waals surface area contributed by atoms with Crippen molar-refractivity contribution in [3.8, 4) is 0 Å². The van der Waals surface area contributed by atoms with E-state index in [1.54, 1.807) is 0 Å². The molecule has 16 heavy (non-hydrogen) atoms. The highest BCUT2D eigenvalue weighted by Crippen LogP contribution is 2.36. The molecule has 1 fully saturated rings. The van der Waals surface area contributed by atoms with Crippen LogP contribution in [-0.2, 0) is 0 Å². The van der Waals surface area contributed by atoms with Crippen LogP contribution in [0.1, 0.15) is 6.04 Å². The van der Waals surface area contributed by atoms with Gasteiger partial charge < -0.3 is 10.8 Å². The fourth-order valence-electron chi connectivity index (χ4n) is 1.71. The number of nitrogens with zero attached hydrogens (tertiary/aromatic N) is 3. The molecule has 1 aliphatic heterocycles. The Labute approximate surface area is 89.2 Å². The van der Waals surface area contributed by atoms with Crippen LogP contribution in [0.5, 0.6) is 0 Å². The van der Waals surface area contributed by atoms with Crippen LogP contribution in [0.4, 0.5) is 19.3 Å². The maximum atomic E-state index is 13.5. The lowest BCUT2D eigenvalue weighted by Crippen LogP contribution is -2.31. The Morgan fingerprint density at radius 2 is 2.38 bits per heavy atom. The Morgan fingerprint density at radius 3 is 2.81 bits per heavy atom. The van der Waals surface area contributed by atoms with Crippen LogP contribution in [0.2, 0.25) is 0 Å². The highest BCUT2D eigenvalue weighted by molar-refractivity contribution is 5.65. The van der Waals surface area contributed by atoms with Gasteiger partial charge in [-0.1, -0.05) is 0 Å². The van der Waals surface area contributed by atoms with Crippen LogP contribution < -0.4 is 5.73 Å². The van der Waals surface area contributed by atoms with Crippen molar-refractivity contribution in [3.63, 3.8) is 0 Å². The molecule has 1 aliphatic rings. The monoisotopic (exact) mass is 232 g/mol. The highest BCUT2D eigenvalue weighted by atomic mass is 19.3. The number of halogens is 2. The van der Waals surface area contributed by atoms with E-state index < -0.39 is 24.6 Å². The first-order valence-corrected chi connectivity index (χ1v) is 4.55. The van der Waals surface area contributed by atoms with Crippen molar-refractivity contribution in [2.75, 3.05) is 18.8 Å². The molecular weight excluding hydrogens is 222 g/mol. The van der Waals surface area contributed by atoms with E-state index >= 15 is 0 Å². The van der Waals surface area contributed by atoms with Crippen molar-refractivity contribution in [2.45, 2.75) is 12.0 Å². The van der Waals surface area contributed by atoms with Gasteiger partial charge in [-0.3, -0.25) is 9.58 Å². The van der Waals surface area contributed by atoms with Gasteiger partial charge in [0.1, 0.15) is 6.04 Å². The summed E-state index contributed by atoms with van der Waals surface area (Å²) in [6.45, 7) is -1.10. The Kier molecular flexibility index (Phi) is 2.21. The molecule has 2 heterocycles. The molecule has 0 spiro atoms. The number of carboxylic acid groups (broad SMARTS) is 1. The molecule has 1 amide bonds. The van der Waals surface area contributed by atoms with Gasteiger partial charge in [0.05, 0.1) is 25.0 Å². The van der Waals surface area contributed by atoms with Crippen molar-refractivity contribution < 1.29 is 18.7 Å². The Hall–Kier alpha value is -1.86. The number of alkyl halides is 2. The van der Waals surface area contributed by atoms with Crippen LogP contribution >= 0.6 is 0 Å². The maximum Gasteiger partial charge on any atom is 0.407 e. The molecular formula is C8H10F2N4O2. The van der Waals surface area contributed by atoms with Crippen molar-refractivity contribution in [3.05, 3.63) is 12.4 Å². The zero-order chi connectivity index (χ0) is 11.9. The largest absolute Gasteiger partial charge is 0.465 e. The van der Waals surface area contributed by atoms with E-state index in [-0.39, 0.29) is 12.2 Å². The molecule has 0 radical (unpaired) electrons. The number of hydrogen-bond donors (Lipinski definition) is 2. The van der Waals surface area contributed by atoms with E-state index in [9.17, 15) is 13.6 Å². The van der Waals surface area contributed by atoms with E-state index in [0.717, 1.165) is 4.68 Å². The molecule has 1 saturated heterocycles. The highest BCUT2D eigenvalue weighted by Gasteiger charge is 2.51. The predicted molar refractivity (Wildman–Crippen MR) is 50.2 cm³/mol. The molecule has 0 saturated carbocycles. The molecule has 1 atom stereocenters. The lowest BCUT2D eigenvalue weighted by Gasteiger charge is -2.16. The molecule has 1 aromatic rings. The van der Waals surface area contributed by atoms with Crippen LogP contribution in [0.3, 0.4) is 0 Å². The third-order valence-electron chi connectivity index (χ3n) is 2.49. The van der Waals surface area contributed by atoms with Crippen LogP contribution in [0.15, 0.2) is 12.4 Å².